The summed E-state index contributed by atoms with van der Waals surface area (Å²) >= 11 is 1.92. The van der Waals surface area contributed by atoms with Crippen LogP contribution in [0.2, 0.25) is 0 Å². The van der Waals surface area contributed by atoms with E-state index in [0.717, 1.165) is 11.5 Å². The van der Waals surface area contributed by atoms with Crippen molar-refractivity contribution < 1.29 is 4.74 Å². The minimum Gasteiger partial charge on any atom is -0.368 e. The highest BCUT2D eigenvalue weighted by molar-refractivity contribution is 7.98. The quantitative estimate of drug-likeness (QED) is 0.509. The Labute approximate surface area is 148 Å². The molecular weight excluding hydrogens is 312 g/mol. The predicted molar refractivity (Wildman–Crippen MR) is 103 cm³/mol. The molecule has 3 aromatic rings. The first-order valence-corrected chi connectivity index (χ1v) is 9.39. The molecule has 1 unspecified atom stereocenters. The predicted octanol–water partition coefficient (Wildman–Crippen LogP) is 5.88. The van der Waals surface area contributed by atoms with Crippen molar-refractivity contribution in [3.8, 4) is 0 Å². The highest BCUT2D eigenvalue weighted by Gasteiger charge is 2.12. The number of thioether (sulfide) groups is 1. The number of ether oxygens (including phenoxy) is 1. The molecule has 0 saturated carbocycles. The first-order chi connectivity index (χ1) is 11.9. The monoisotopic (exact) mass is 334 g/mol. The van der Waals surface area contributed by atoms with Crippen molar-refractivity contribution in [2.45, 2.75) is 18.5 Å². The van der Waals surface area contributed by atoms with E-state index in [4.69, 9.17) is 4.74 Å². The normalized spacial score (nSPS) is 12.0. The molecule has 0 N–H and O–H groups in total. The maximum atomic E-state index is 6.23. The summed E-state index contributed by atoms with van der Waals surface area (Å²) < 4.78 is 6.23. The van der Waals surface area contributed by atoms with E-state index < -0.39 is 0 Å². The molecule has 0 bridgehead atoms. The highest BCUT2D eigenvalue weighted by Crippen LogP contribution is 2.25. The molecule has 2 heteroatoms. The van der Waals surface area contributed by atoms with Crippen LogP contribution in [0.25, 0.3) is 0 Å². The first kappa shape index (κ1) is 16.8. The Morgan fingerprint density at radius 3 is 1.83 bits per heavy atom. The van der Waals surface area contributed by atoms with Crippen LogP contribution in [0.5, 0.6) is 0 Å². The molecule has 1 atom stereocenters. The van der Waals surface area contributed by atoms with Crippen LogP contribution in [-0.4, -0.2) is 5.75 Å². The molecule has 0 heterocycles. The second kappa shape index (κ2) is 9.31. The lowest BCUT2D eigenvalue weighted by molar-refractivity contribution is 0.0558. The average Bonchev–Trinajstić information content (AvgIpc) is 2.67. The third-order valence-corrected chi connectivity index (χ3v) is 4.92. The van der Waals surface area contributed by atoms with E-state index in [2.05, 4.69) is 84.9 Å². The Morgan fingerprint density at radius 2 is 1.21 bits per heavy atom. The van der Waals surface area contributed by atoms with Crippen molar-refractivity contribution >= 4 is 11.8 Å². The maximum absolute atomic E-state index is 6.23. The van der Waals surface area contributed by atoms with Crippen molar-refractivity contribution in [1.82, 2.24) is 0 Å². The smallest absolute Gasteiger partial charge is 0.0919 e. The van der Waals surface area contributed by atoms with Crippen LogP contribution < -0.4 is 0 Å². The largest absolute Gasteiger partial charge is 0.368 e. The van der Waals surface area contributed by atoms with E-state index in [1.165, 1.54) is 16.7 Å². The van der Waals surface area contributed by atoms with E-state index in [1.807, 2.05) is 17.8 Å². The van der Waals surface area contributed by atoms with Gasteiger partial charge in [0.1, 0.15) is 0 Å². The second-order valence-corrected chi connectivity index (χ2v) is 6.73. The Bertz CT molecular complexity index is 698. The van der Waals surface area contributed by atoms with Crippen molar-refractivity contribution in [1.29, 1.82) is 0 Å². The van der Waals surface area contributed by atoms with Gasteiger partial charge in [0.05, 0.1) is 12.7 Å². The zero-order valence-electron chi connectivity index (χ0n) is 13.7. The molecule has 122 valence electrons. The Hall–Kier alpha value is -2.03. The van der Waals surface area contributed by atoms with Crippen LogP contribution in [0.3, 0.4) is 0 Å². The van der Waals surface area contributed by atoms with Gasteiger partial charge in [-0.25, -0.2) is 0 Å². The molecule has 0 aliphatic carbocycles. The number of benzene rings is 3. The zero-order valence-corrected chi connectivity index (χ0v) is 14.5. The molecule has 0 amide bonds. The number of hydrogen-bond donors (Lipinski definition) is 0. The molecule has 0 aliphatic heterocycles. The van der Waals surface area contributed by atoms with Gasteiger partial charge in [-0.1, -0.05) is 91.0 Å². The fraction of sp³-hybridized carbons (Fsp3) is 0.182. The molecular formula is C22H22OS. The standard InChI is InChI=1S/C22H22OS/c1-4-10-19(11-5-1)16-23-22(21-14-8-3-9-15-21)18-24-17-20-12-6-2-7-13-20/h1-15,22H,16-18H2. The van der Waals surface area contributed by atoms with Gasteiger partial charge in [-0.05, 0) is 16.7 Å². The van der Waals surface area contributed by atoms with Gasteiger partial charge in [-0.2, -0.15) is 11.8 Å². The van der Waals surface area contributed by atoms with Crippen molar-refractivity contribution in [2.24, 2.45) is 0 Å². The minimum atomic E-state index is 0.111. The van der Waals surface area contributed by atoms with E-state index in [9.17, 15) is 0 Å². The summed E-state index contributed by atoms with van der Waals surface area (Å²) in [5.74, 6) is 1.96. The van der Waals surface area contributed by atoms with Crippen LogP contribution in [0.4, 0.5) is 0 Å². The van der Waals surface area contributed by atoms with Gasteiger partial charge in [0.25, 0.3) is 0 Å². The van der Waals surface area contributed by atoms with Gasteiger partial charge >= 0.3 is 0 Å². The zero-order chi connectivity index (χ0) is 16.5. The first-order valence-electron chi connectivity index (χ1n) is 8.24. The summed E-state index contributed by atoms with van der Waals surface area (Å²) in [7, 11) is 0. The Balaban J connectivity index is 1.59. The Morgan fingerprint density at radius 1 is 0.667 bits per heavy atom. The maximum Gasteiger partial charge on any atom is 0.0919 e. The lowest BCUT2D eigenvalue weighted by atomic mass is 10.1. The lowest BCUT2D eigenvalue weighted by Crippen LogP contribution is -2.07. The fourth-order valence-corrected chi connectivity index (χ4v) is 3.59. The molecule has 0 radical (unpaired) electrons. The van der Waals surface area contributed by atoms with Gasteiger partial charge in [-0.3, -0.25) is 0 Å². The van der Waals surface area contributed by atoms with E-state index in [1.54, 1.807) is 0 Å². The van der Waals surface area contributed by atoms with Crippen LogP contribution in [0.1, 0.15) is 22.8 Å². The summed E-state index contributed by atoms with van der Waals surface area (Å²) in [6.45, 7) is 0.645. The fourth-order valence-electron chi connectivity index (χ4n) is 2.54. The summed E-state index contributed by atoms with van der Waals surface area (Å²) in [6, 6.07) is 31.5. The number of hydrogen-bond acceptors (Lipinski definition) is 2. The molecule has 0 saturated heterocycles. The molecule has 0 aliphatic rings. The molecule has 0 fully saturated rings. The van der Waals surface area contributed by atoms with Crippen LogP contribution >= 0.6 is 11.8 Å². The molecule has 3 rings (SSSR count). The van der Waals surface area contributed by atoms with E-state index in [0.29, 0.717) is 6.61 Å². The second-order valence-electron chi connectivity index (χ2n) is 5.70. The molecule has 24 heavy (non-hydrogen) atoms. The van der Waals surface area contributed by atoms with Crippen molar-refractivity contribution in [3.05, 3.63) is 108 Å². The minimum absolute atomic E-state index is 0.111. The Kier molecular flexibility index (Phi) is 6.52. The summed E-state index contributed by atoms with van der Waals surface area (Å²) in [6.07, 6.45) is 0.111. The molecule has 0 aromatic heterocycles. The summed E-state index contributed by atoms with van der Waals surface area (Å²) in [5.41, 5.74) is 3.82. The van der Waals surface area contributed by atoms with Gasteiger partial charge in [0, 0.05) is 11.5 Å². The highest BCUT2D eigenvalue weighted by atomic mass is 32.2. The van der Waals surface area contributed by atoms with Crippen LogP contribution in [-0.2, 0) is 17.1 Å². The van der Waals surface area contributed by atoms with Crippen LogP contribution in [0, 0.1) is 0 Å². The van der Waals surface area contributed by atoms with Gasteiger partial charge in [-0.15, -0.1) is 0 Å². The average molecular weight is 334 g/mol. The van der Waals surface area contributed by atoms with Gasteiger partial charge in [0.2, 0.25) is 0 Å². The van der Waals surface area contributed by atoms with Gasteiger partial charge < -0.3 is 4.74 Å². The molecule has 0 spiro atoms. The summed E-state index contributed by atoms with van der Waals surface area (Å²) in [4.78, 5) is 0. The third-order valence-electron chi connectivity index (χ3n) is 3.85. The van der Waals surface area contributed by atoms with Crippen molar-refractivity contribution in [3.63, 3.8) is 0 Å². The van der Waals surface area contributed by atoms with E-state index >= 15 is 0 Å². The van der Waals surface area contributed by atoms with Crippen molar-refractivity contribution in [2.75, 3.05) is 5.75 Å². The van der Waals surface area contributed by atoms with Gasteiger partial charge in [0.15, 0.2) is 0 Å². The van der Waals surface area contributed by atoms with E-state index in [-0.39, 0.29) is 6.10 Å². The molecule has 3 aromatic carbocycles. The molecule has 1 nitrogen and oxygen atoms in total. The third kappa shape index (κ3) is 5.26. The topological polar surface area (TPSA) is 9.23 Å². The van der Waals surface area contributed by atoms with Crippen LogP contribution in [0.15, 0.2) is 91.0 Å². The number of rotatable bonds is 8. The lowest BCUT2D eigenvalue weighted by Gasteiger charge is -2.18. The SMILES string of the molecule is c1ccc(COC(CSCc2ccccc2)c2ccccc2)cc1. The summed E-state index contributed by atoms with van der Waals surface area (Å²) in [5, 5.41) is 0.